The molecule has 1 fully saturated rings. The number of amides is 1. The zero-order chi connectivity index (χ0) is 14.4. The minimum absolute atomic E-state index is 0.303. The molecule has 1 aliphatic rings. The molecule has 0 aliphatic carbocycles. The molecule has 1 atom stereocenters. The molecule has 0 aromatic heterocycles. The Kier molecular flexibility index (Phi) is 4.71. The highest BCUT2D eigenvalue weighted by molar-refractivity contribution is 5.70. The molecule has 1 saturated heterocycles. The summed E-state index contributed by atoms with van der Waals surface area (Å²) in [6, 6.07) is 7.79. The lowest BCUT2D eigenvalue weighted by Crippen LogP contribution is -2.35. The minimum Gasteiger partial charge on any atom is -0.497 e. The summed E-state index contributed by atoms with van der Waals surface area (Å²) in [5.74, 6) is 0.840. The Morgan fingerprint density at radius 2 is 2.10 bits per heavy atom. The summed E-state index contributed by atoms with van der Waals surface area (Å²) in [5.41, 5.74) is 0.681. The van der Waals surface area contributed by atoms with Gasteiger partial charge in [-0.15, -0.1) is 0 Å². The van der Waals surface area contributed by atoms with Crippen molar-refractivity contribution >= 4 is 11.8 Å². The van der Waals surface area contributed by atoms with Gasteiger partial charge in [0.1, 0.15) is 11.4 Å². The zero-order valence-electron chi connectivity index (χ0n) is 12.1. The maximum Gasteiger partial charge on any atom is 0.407 e. The number of rotatable bonds is 7. The average Bonchev–Trinajstić information content (AvgIpc) is 2.81. The highest BCUT2D eigenvalue weighted by Gasteiger charge is 2.38. The van der Waals surface area contributed by atoms with E-state index in [0.717, 1.165) is 37.2 Å². The molecule has 0 spiro atoms. The van der Waals surface area contributed by atoms with Gasteiger partial charge in [0.25, 0.3) is 0 Å². The van der Waals surface area contributed by atoms with Crippen molar-refractivity contribution in [1.29, 1.82) is 0 Å². The number of methoxy groups -OCH3 is 1. The fourth-order valence-corrected chi connectivity index (χ4v) is 2.51. The van der Waals surface area contributed by atoms with Crippen molar-refractivity contribution in [3.8, 4) is 5.75 Å². The maximum absolute atomic E-state index is 11.3. The molecule has 5 heteroatoms. The Balaban J connectivity index is 1.85. The van der Waals surface area contributed by atoms with Crippen LogP contribution in [-0.4, -0.2) is 31.9 Å². The Morgan fingerprint density at radius 3 is 2.65 bits per heavy atom. The predicted octanol–water partition coefficient (Wildman–Crippen LogP) is 2.78. The number of hydrogen-bond donors (Lipinski definition) is 2. The minimum atomic E-state index is -0.356. The molecule has 1 unspecified atom stereocenters. The third-order valence-corrected chi connectivity index (χ3v) is 3.57. The monoisotopic (exact) mass is 278 g/mol. The molecule has 20 heavy (non-hydrogen) atoms. The molecule has 2 N–H and O–H groups in total. The standard InChI is InChI=1S/C15H22N2O3/c1-3-8-15(11-17-14(18)20-15)9-10-16-12-4-6-13(19-2)7-5-12/h4-7,16H,3,8-11H2,1-2H3,(H,17,18). The molecule has 1 aromatic carbocycles. The van der Waals surface area contributed by atoms with Crippen LogP contribution in [0.1, 0.15) is 26.2 Å². The van der Waals surface area contributed by atoms with Crippen molar-refractivity contribution in [3.05, 3.63) is 24.3 Å². The van der Waals surface area contributed by atoms with Crippen molar-refractivity contribution in [1.82, 2.24) is 5.32 Å². The van der Waals surface area contributed by atoms with E-state index in [2.05, 4.69) is 17.6 Å². The lowest BCUT2D eigenvalue weighted by molar-refractivity contribution is 0.0446. The molecular formula is C15H22N2O3. The van der Waals surface area contributed by atoms with Crippen molar-refractivity contribution in [2.24, 2.45) is 0 Å². The summed E-state index contributed by atoms with van der Waals surface area (Å²) in [6.07, 6.45) is 2.38. The van der Waals surface area contributed by atoms with Crippen LogP contribution in [0, 0.1) is 0 Å². The molecule has 0 saturated carbocycles. The van der Waals surface area contributed by atoms with Gasteiger partial charge >= 0.3 is 6.09 Å². The summed E-state index contributed by atoms with van der Waals surface area (Å²) < 4.78 is 10.6. The number of hydrogen-bond acceptors (Lipinski definition) is 4. The van der Waals surface area contributed by atoms with E-state index in [1.807, 2.05) is 24.3 Å². The fourth-order valence-electron chi connectivity index (χ4n) is 2.51. The molecule has 1 aliphatic heterocycles. The molecule has 1 amide bonds. The van der Waals surface area contributed by atoms with Gasteiger partial charge < -0.3 is 20.1 Å². The lowest BCUT2D eigenvalue weighted by Gasteiger charge is -2.26. The average molecular weight is 278 g/mol. The van der Waals surface area contributed by atoms with Gasteiger partial charge in [-0.25, -0.2) is 4.79 Å². The molecule has 0 bridgehead atoms. The number of cyclic esters (lactones) is 1. The van der Waals surface area contributed by atoms with Gasteiger partial charge in [0.2, 0.25) is 0 Å². The first-order valence-corrected chi connectivity index (χ1v) is 7.02. The maximum atomic E-state index is 11.3. The first-order chi connectivity index (χ1) is 9.67. The van der Waals surface area contributed by atoms with Crippen LogP contribution >= 0.6 is 0 Å². The quantitative estimate of drug-likeness (QED) is 0.805. The van der Waals surface area contributed by atoms with Crippen LogP contribution in [0.5, 0.6) is 5.75 Å². The summed E-state index contributed by atoms with van der Waals surface area (Å²) in [6.45, 7) is 3.47. The first kappa shape index (κ1) is 14.5. The normalized spacial score (nSPS) is 21.2. The van der Waals surface area contributed by atoms with Crippen LogP contribution in [0.3, 0.4) is 0 Å². The first-order valence-electron chi connectivity index (χ1n) is 7.02. The van der Waals surface area contributed by atoms with E-state index >= 15 is 0 Å². The molecule has 0 radical (unpaired) electrons. The smallest absolute Gasteiger partial charge is 0.407 e. The van der Waals surface area contributed by atoms with Gasteiger partial charge in [-0.2, -0.15) is 0 Å². The van der Waals surface area contributed by atoms with E-state index in [0.29, 0.717) is 6.54 Å². The number of nitrogens with one attached hydrogen (secondary N) is 2. The van der Waals surface area contributed by atoms with E-state index in [9.17, 15) is 4.79 Å². The Hall–Kier alpha value is -1.91. The topological polar surface area (TPSA) is 59.6 Å². The summed E-state index contributed by atoms with van der Waals surface area (Å²) in [7, 11) is 1.65. The molecule has 1 heterocycles. The van der Waals surface area contributed by atoms with E-state index < -0.39 is 0 Å². The van der Waals surface area contributed by atoms with Crippen LogP contribution in [0.25, 0.3) is 0 Å². The van der Waals surface area contributed by atoms with Gasteiger partial charge in [-0.1, -0.05) is 13.3 Å². The fraction of sp³-hybridized carbons (Fsp3) is 0.533. The third kappa shape index (κ3) is 3.56. The number of carbonyl (C=O) groups is 1. The Bertz CT molecular complexity index is 447. The second-order valence-electron chi connectivity index (χ2n) is 5.08. The van der Waals surface area contributed by atoms with Gasteiger partial charge in [0, 0.05) is 18.7 Å². The van der Waals surface area contributed by atoms with Crippen LogP contribution in [0.15, 0.2) is 24.3 Å². The van der Waals surface area contributed by atoms with Gasteiger partial charge in [-0.3, -0.25) is 0 Å². The highest BCUT2D eigenvalue weighted by Crippen LogP contribution is 2.26. The lowest BCUT2D eigenvalue weighted by atomic mass is 9.94. The molecular weight excluding hydrogens is 256 g/mol. The molecule has 5 nitrogen and oxygen atoms in total. The van der Waals surface area contributed by atoms with E-state index in [4.69, 9.17) is 9.47 Å². The largest absolute Gasteiger partial charge is 0.497 e. The number of anilines is 1. The SMILES string of the molecule is CCCC1(CCNc2ccc(OC)cc2)CNC(=O)O1. The van der Waals surface area contributed by atoms with Crippen LogP contribution in [-0.2, 0) is 4.74 Å². The van der Waals surface area contributed by atoms with E-state index in [1.165, 1.54) is 0 Å². The highest BCUT2D eigenvalue weighted by atomic mass is 16.6. The summed E-state index contributed by atoms with van der Waals surface area (Å²) in [4.78, 5) is 11.3. The Morgan fingerprint density at radius 1 is 1.35 bits per heavy atom. The predicted molar refractivity (Wildman–Crippen MR) is 78.2 cm³/mol. The molecule has 2 rings (SSSR count). The second-order valence-corrected chi connectivity index (χ2v) is 5.08. The third-order valence-electron chi connectivity index (χ3n) is 3.57. The van der Waals surface area contributed by atoms with Crippen molar-refractivity contribution < 1.29 is 14.3 Å². The van der Waals surface area contributed by atoms with Crippen LogP contribution < -0.4 is 15.4 Å². The van der Waals surface area contributed by atoms with Gasteiger partial charge in [0.15, 0.2) is 0 Å². The molecule has 110 valence electrons. The van der Waals surface area contributed by atoms with E-state index in [1.54, 1.807) is 7.11 Å². The summed E-state index contributed by atoms with van der Waals surface area (Å²) in [5, 5.41) is 6.10. The number of carbonyl (C=O) groups excluding carboxylic acids is 1. The zero-order valence-corrected chi connectivity index (χ0v) is 12.1. The Labute approximate surface area is 119 Å². The molecule has 1 aromatic rings. The van der Waals surface area contributed by atoms with Crippen molar-refractivity contribution in [3.63, 3.8) is 0 Å². The number of benzene rings is 1. The second kappa shape index (κ2) is 6.50. The van der Waals surface area contributed by atoms with E-state index in [-0.39, 0.29) is 11.7 Å². The van der Waals surface area contributed by atoms with Gasteiger partial charge in [-0.05, 0) is 30.7 Å². The van der Waals surface area contributed by atoms with Gasteiger partial charge in [0.05, 0.1) is 13.7 Å². The van der Waals surface area contributed by atoms with Crippen LogP contribution in [0.4, 0.5) is 10.5 Å². The van der Waals surface area contributed by atoms with Crippen molar-refractivity contribution in [2.75, 3.05) is 25.5 Å². The number of ether oxygens (including phenoxy) is 2. The number of alkyl carbamates (subject to hydrolysis) is 1. The summed E-state index contributed by atoms with van der Waals surface area (Å²) >= 11 is 0. The van der Waals surface area contributed by atoms with Crippen LogP contribution in [0.2, 0.25) is 0 Å². The van der Waals surface area contributed by atoms with Crippen molar-refractivity contribution in [2.45, 2.75) is 31.8 Å².